The van der Waals surface area contributed by atoms with E-state index >= 15 is 0 Å². The number of ether oxygens (including phenoxy) is 2. The number of para-hydroxylation sites is 1. The number of hydrogen-bond donors (Lipinski definition) is 2. The van der Waals surface area contributed by atoms with Gasteiger partial charge in [-0.05, 0) is 24.6 Å². The van der Waals surface area contributed by atoms with Crippen molar-refractivity contribution in [2.45, 2.75) is 30.5 Å². The molecule has 2 N–H and O–H groups in total. The predicted molar refractivity (Wildman–Crippen MR) is 107 cm³/mol. The molecule has 0 aromatic heterocycles. The largest absolute Gasteiger partial charge is 0.493 e. The lowest BCUT2D eigenvalue weighted by molar-refractivity contribution is -0.532. The van der Waals surface area contributed by atoms with Gasteiger partial charge < -0.3 is 14.8 Å². The van der Waals surface area contributed by atoms with Crippen LogP contribution in [0.3, 0.4) is 0 Å². The van der Waals surface area contributed by atoms with Crippen LogP contribution in [-0.2, 0) is 10.3 Å². The Labute approximate surface area is 172 Å². The fourth-order valence-corrected chi connectivity index (χ4v) is 4.93. The van der Waals surface area contributed by atoms with Crippen molar-refractivity contribution in [2.75, 3.05) is 19.5 Å². The molecule has 152 valence electrons. The first-order valence-corrected chi connectivity index (χ1v) is 9.46. The maximum absolute atomic E-state index is 13.0. The Balaban J connectivity index is 1.91. The first kappa shape index (κ1) is 19.5. The Morgan fingerprint density at radius 1 is 1.17 bits per heavy atom. The lowest BCUT2D eigenvalue weighted by atomic mass is 9.78. The van der Waals surface area contributed by atoms with Crippen LogP contribution in [0.2, 0.25) is 5.02 Å². The fraction of sp³-hybridized carbons (Fsp3) is 0.350. The van der Waals surface area contributed by atoms with Crippen LogP contribution >= 0.6 is 11.6 Å². The van der Waals surface area contributed by atoms with Crippen LogP contribution in [0.5, 0.6) is 11.5 Å². The molecule has 1 saturated heterocycles. The highest BCUT2D eigenvalue weighted by Gasteiger charge is 2.67. The fourth-order valence-electron chi connectivity index (χ4n) is 4.65. The maximum Gasteiger partial charge on any atom is 0.256 e. The molecular weight excluding hydrogens is 398 g/mol. The normalized spacial score (nSPS) is 27.6. The summed E-state index contributed by atoms with van der Waals surface area (Å²) in [6.45, 7) is 1.82. The number of methoxy groups -OCH3 is 2. The number of carbonyl (C=O) groups is 1. The molecule has 1 fully saturated rings. The second-order valence-corrected chi connectivity index (χ2v) is 7.63. The highest BCUT2D eigenvalue weighted by molar-refractivity contribution is 6.31. The number of nitrogens with zero attached hydrogens (tertiary/aromatic N) is 1. The van der Waals surface area contributed by atoms with Gasteiger partial charge in [0.05, 0.1) is 20.1 Å². The van der Waals surface area contributed by atoms with E-state index < -0.39 is 34.4 Å². The molecule has 2 aromatic rings. The summed E-state index contributed by atoms with van der Waals surface area (Å²) in [5.41, 5.74) is 0.182. The number of anilines is 1. The summed E-state index contributed by atoms with van der Waals surface area (Å²) >= 11 is 6.50. The SMILES string of the molecule is COc1cc(Cl)c([C@@H]2[C@H](C)N[C@@]3(C(=O)Nc4ccccc43)[C@H]2[N+](=O)[O-])cc1OC. The molecule has 2 aliphatic heterocycles. The van der Waals surface area contributed by atoms with Crippen molar-refractivity contribution in [3.63, 3.8) is 0 Å². The van der Waals surface area contributed by atoms with Crippen molar-refractivity contribution >= 4 is 23.2 Å². The van der Waals surface area contributed by atoms with Crippen LogP contribution in [0.4, 0.5) is 5.69 Å². The van der Waals surface area contributed by atoms with E-state index in [4.69, 9.17) is 21.1 Å². The van der Waals surface area contributed by atoms with Crippen LogP contribution in [0.15, 0.2) is 36.4 Å². The molecule has 0 bridgehead atoms. The number of benzene rings is 2. The number of amides is 1. The summed E-state index contributed by atoms with van der Waals surface area (Å²) < 4.78 is 10.6. The Morgan fingerprint density at radius 3 is 2.48 bits per heavy atom. The quantitative estimate of drug-likeness (QED) is 0.585. The van der Waals surface area contributed by atoms with Crippen LogP contribution in [0.25, 0.3) is 0 Å². The topological polar surface area (TPSA) is 103 Å². The third-order valence-electron chi connectivity index (χ3n) is 5.83. The molecule has 0 radical (unpaired) electrons. The van der Waals surface area contributed by atoms with Gasteiger partial charge in [0.25, 0.3) is 11.9 Å². The van der Waals surface area contributed by atoms with E-state index in [1.165, 1.54) is 14.2 Å². The second kappa shape index (κ2) is 6.89. The van der Waals surface area contributed by atoms with Gasteiger partial charge in [-0.1, -0.05) is 29.8 Å². The Morgan fingerprint density at radius 2 is 1.83 bits per heavy atom. The highest BCUT2D eigenvalue weighted by Crippen LogP contribution is 2.51. The van der Waals surface area contributed by atoms with Gasteiger partial charge in [0, 0.05) is 33.3 Å². The van der Waals surface area contributed by atoms with Gasteiger partial charge in [-0.15, -0.1) is 0 Å². The lowest BCUT2D eigenvalue weighted by Gasteiger charge is -2.26. The summed E-state index contributed by atoms with van der Waals surface area (Å²) in [5.74, 6) is -0.268. The van der Waals surface area contributed by atoms with E-state index in [1.807, 2.05) is 6.92 Å². The molecule has 2 heterocycles. The number of carbonyl (C=O) groups excluding carboxylic acids is 1. The molecule has 29 heavy (non-hydrogen) atoms. The van der Waals surface area contributed by atoms with Crippen molar-refractivity contribution in [1.82, 2.24) is 5.32 Å². The van der Waals surface area contributed by atoms with Gasteiger partial charge >= 0.3 is 0 Å². The van der Waals surface area contributed by atoms with Gasteiger partial charge in [0.2, 0.25) is 0 Å². The van der Waals surface area contributed by atoms with Crippen LogP contribution < -0.4 is 20.1 Å². The minimum atomic E-state index is -1.49. The van der Waals surface area contributed by atoms with Crippen molar-refractivity contribution in [2.24, 2.45) is 0 Å². The molecule has 1 spiro atoms. The van der Waals surface area contributed by atoms with Crippen molar-refractivity contribution in [3.05, 3.63) is 62.7 Å². The molecule has 0 aliphatic carbocycles. The van der Waals surface area contributed by atoms with Gasteiger partial charge in [-0.3, -0.25) is 20.2 Å². The molecule has 1 amide bonds. The van der Waals surface area contributed by atoms with Gasteiger partial charge in [0.15, 0.2) is 17.0 Å². The van der Waals surface area contributed by atoms with E-state index in [-0.39, 0.29) is 0 Å². The van der Waals surface area contributed by atoms with E-state index in [1.54, 1.807) is 36.4 Å². The first-order valence-electron chi connectivity index (χ1n) is 9.08. The van der Waals surface area contributed by atoms with Crippen LogP contribution in [0.1, 0.15) is 24.0 Å². The lowest BCUT2D eigenvalue weighted by Crippen LogP contribution is -2.54. The van der Waals surface area contributed by atoms with E-state index in [2.05, 4.69) is 10.6 Å². The molecule has 8 nitrogen and oxygen atoms in total. The second-order valence-electron chi connectivity index (χ2n) is 7.23. The number of nitro groups is 1. The zero-order chi connectivity index (χ0) is 20.9. The monoisotopic (exact) mass is 417 g/mol. The van der Waals surface area contributed by atoms with Crippen molar-refractivity contribution in [3.8, 4) is 11.5 Å². The number of nitrogens with one attached hydrogen (secondary N) is 2. The van der Waals surface area contributed by atoms with E-state index in [0.717, 1.165) is 0 Å². The molecule has 4 rings (SSSR count). The van der Waals surface area contributed by atoms with Crippen LogP contribution in [-0.4, -0.2) is 37.1 Å². The molecule has 4 atom stereocenters. The molecule has 0 saturated carbocycles. The molecule has 2 aliphatic rings. The number of hydrogen-bond acceptors (Lipinski definition) is 6. The minimum Gasteiger partial charge on any atom is -0.493 e. The van der Waals surface area contributed by atoms with E-state index in [9.17, 15) is 14.9 Å². The number of rotatable bonds is 4. The first-order chi connectivity index (χ1) is 13.8. The Bertz CT molecular complexity index is 1010. The molecular formula is C20H20ClN3O5. The zero-order valence-corrected chi connectivity index (χ0v) is 16.8. The predicted octanol–water partition coefficient (Wildman–Crippen LogP) is 2.93. The standard InChI is InChI=1S/C20H20ClN3O5/c1-10-17(11-8-15(28-2)16(29-3)9-13(11)21)18(24(26)27)20(23-10)12-6-4-5-7-14(12)22-19(20)25/h4-10,17-18,23H,1-3H3,(H,22,25)/t10-,17-,18-,20+/m0/s1. The van der Waals surface area contributed by atoms with Gasteiger partial charge in [0.1, 0.15) is 0 Å². The Hall–Kier alpha value is -2.84. The van der Waals surface area contributed by atoms with Crippen LogP contribution in [0, 0.1) is 10.1 Å². The summed E-state index contributed by atoms with van der Waals surface area (Å²) in [5, 5.41) is 18.6. The Kier molecular flexibility index (Phi) is 4.63. The third-order valence-corrected chi connectivity index (χ3v) is 6.15. The minimum absolute atomic E-state index is 0.317. The summed E-state index contributed by atoms with van der Waals surface area (Å²) in [6.07, 6.45) is 0. The highest BCUT2D eigenvalue weighted by atomic mass is 35.5. The average Bonchev–Trinajstić information content (AvgIpc) is 3.16. The average molecular weight is 418 g/mol. The maximum atomic E-state index is 13.0. The number of fused-ring (bicyclic) bond motifs is 2. The van der Waals surface area contributed by atoms with E-state index in [0.29, 0.717) is 33.3 Å². The zero-order valence-electron chi connectivity index (χ0n) is 16.1. The molecule has 2 aromatic carbocycles. The summed E-state index contributed by atoms with van der Waals surface area (Å²) in [4.78, 5) is 25.0. The van der Waals surface area contributed by atoms with Crippen molar-refractivity contribution < 1.29 is 19.2 Å². The summed E-state index contributed by atoms with van der Waals surface area (Å²) in [7, 11) is 2.97. The molecule has 0 unspecified atom stereocenters. The van der Waals surface area contributed by atoms with Gasteiger partial charge in [-0.25, -0.2) is 0 Å². The third kappa shape index (κ3) is 2.67. The smallest absolute Gasteiger partial charge is 0.256 e. The summed E-state index contributed by atoms with van der Waals surface area (Å²) in [6, 6.07) is 8.58. The van der Waals surface area contributed by atoms with Crippen molar-refractivity contribution in [1.29, 1.82) is 0 Å². The molecule has 9 heteroatoms. The van der Waals surface area contributed by atoms with Gasteiger partial charge in [-0.2, -0.15) is 0 Å². The number of halogens is 1.